The lowest BCUT2D eigenvalue weighted by atomic mass is 10.2. The normalized spacial score (nSPS) is 10.8. The van der Waals surface area contributed by atoms with Crippen molar-refractivity contribution < 1.29 is 23.2 Å². The van der Waals surface area contributed by atoms with Crippen LogP contribution >= 0.6 is 11.6 Å². The van der Waals surface area contributed by atoms with Gasteiger partial charge in [-0.2, -0.15) is 5.10 Å². The summed E-state index contributed by atoms with van der Waals surface area (Å²) in [5, 5.41) is 6.98. The summed E-state index contributed by atoms with van der Waals surface area (Å²) >= 11 is 5.72. The minimum Gasteiger partial charge on any atom is -0.364 e. The molecule has 3 rings (SSSR count). The van der Waals surface area contributed by atoms with E-state index >= 15 is 0 Å². The second-order valence-electron chi connectivity index (χ2n) is 6.88. The van der Waals surface area contributed by atoms with E-state index in [1.165, 1.54) is 16.8 Å². The first-order valence-corrected chi connectivity index (χ1v) is 9.98. The van der Waals surface area contributed by atoms with Crippen LogP contribution in [-0.4, -0.2) is 52.2 Å². The molecule has 168 valence electrons. The summed E-state index contributed by atoms with van der Waals surface area (Å²) in [6.07, 6.45) is 0. The average Bonchev–Trinajstić information content (AvgIpc) is 3.13. The molecular formula is C21H20ClF2N5O3. The number of hydrogen-bond acceptors (Lipinski definition) is 4. The van der Waals surface area contributed by atoms with Crippen molar-refractivity contribution in [1.29, 1.82) is 0 Å². The van der Waals surface area contributed by atoms with Crippen molar-refractivity contribution >= 4 is 40.2 Å². The van der Waals surface area contributed by atoms with Crippen molar-refractivity contribution in [3.63, 3.8) is 0 Å². The highest BCUT2D eigenvalue weighted by Gasteiger charge is 2.21. The fraction of sp³-hybridized carbons (Fsp3) is 0.238. The molecule has 0 aliphatic rings. The quantitative estimate of drug-likeness (QED) is 0.506. The fourth-order valence-corrected chi connectivity index (χ4v) is 3.35. The molecule has 2 aromatic carbocycles. The van der Waals surface area contributed by atoms with E-state index in [-0.39, 0.29) is 35.9 Å². The third-order valence-electron chi connectivity index (χ3n) is 4.73. The van der Waals surface area contributed by atoms with Gasteiger partial charge in [0.2, 0.25) is 11.8 Å². The molecule has 0 saturated heterocycles. The molecule has 0 atom stereocenters. The summed E-state index contributed by atoms with van der Waals surface area (Å²) < 4.78 is 28.3. The van der Waals surface area contributed by atoms with E-state index in [4.69, 9.17) is 17.3 Å². The molecule has 0 unspecified atom stereocenters. The number of halogens is 3. The first-order valence-electron chi connectivity index (χ1n) is 9.60. The lowest BCUT2D eigenvalue weighted by molar-refractivity contribution is -0.136. The van der Waals surface area contributed by atoms with Crippen molar-refractivity contribution in [2.24, 2.45) is 5.73 Å². The predicted molar refractivity (Wildman–Crippen MR) is 114 cm³/mol. The van der Waals surface area contributed by atoms with Gasteiger partial charge in [0.25, 0.3) is 5.91 Å². The molecule has 0 bridgehead atoms. The number of amides is 3. The standard InChI is InChI=1S/C21H20ClF2N5O3/c22-15-6-3-4-13(19(15)24)10-26-17(30)11-28(9-8-23)18(31)12-29-16-7-2-1-5-14(16)20(27-29)21(25)32/h1-7H,8-12H2,(H2,25,32)(H,26,30). The van der Waals surface area contributed by atoms with Crippen LogP contribution in [0, 0.1) is 5.82 Å². The van der Waals surface area contributed by atoms with Gasteiger partial charge in [-0.05, 0) is 12.1 Å². The molecule has 0 radical (unpaired) electrons. The molecule has 11 heteroatoms. The van der Waals surface area contributed by atoms with Gasteiger partial charge in [-0.3, -0.25) is 19.1 Å². The van der Waals surface area contributed by atoms with Gasteiger partial charge in [-0.25, -0.2) is 8.78 Å². The summed E-state index contributed by atoms with van der Waals surface area (Å²) in [6.45, 7) is -2.10. The topological polar surface area (TPSA) is 110 Å². The molecule has 32 heavy (non-hydrogen) atoms. The molecule has 0 saturated carbocycles. The SMILES string of the molecule is NC(=O)c1nn(CC(=O)N(CCF)CC(=O)NCc2cccc(Cl)c2F)c2ccccc12. The van der Waals surface area contributed by atoms with Gasteiger partial charge in [-0.15, -0.1) is 0 Å². The van der Waals surface area contributed by atoms with Crippen molar-refractivity contribution in [2.45, 2.75) is 13.1 Å². The Morgan fingerprint density at radius 2 is 1.91 bits per heavy atom. The van der Waals surface area contributed by atoms with E-state index in [2.05, 4.69) is 10.4 Å². The zero-order chi connectivity index (χ0) is 23.3. The Labute approximate surface area is 186 Å². The monoisotopic (exact) mass is 463 g/mol. The number of carbonyl (C=O) groups is 3. The molecule has 3 N–H and O–H groups in total. The molecule has 8 nitrogen and oxygen atoms in total. The summed E-state index contributed by atoms with van der Waals surface area (Å²) in [4.78, 5) is 37.7. The molecular weight excluding hydrogens is 444 g/mol. The maximum Gasteiger partial charge on any atom is 0.269 e. The number of carbonyl (C=O) groups excluding carboxylic acids is 3. The van der Waals surface area contributed by atoms with Gasteiger partial charge < -0.3 is 16.0 Å². The highest BCUT2D eigenvalue weighted by molar-refractivity contribution is 6.30. The van der Waals surface area contributed by atoms with Crippen LogP contribution in [0.2, 0.25) is 5.02 Å². The summed E-state index contributed by atoms with van der Waals surface area (Å²) in [5.74, 6) is -2.59. The van der Waals surface area contributed by atoms with E-state index in [9.17, 15) is 23.2 Å². The number of nitrogens with one attached hydrogen (secondary N) is 1. The largest absolute Gasteiger partial charge is 0.364 e. The molecule has 0 aliphatic heterocycles. The third kappa shape index (κ3) is 5.20. The Morgan fingerprint density at radius 3 is 2.62 bits per heavy atom. The van der Waals surface area contributed by atoms with Crippen LogP contribution in [0.1, 0.15) is 16.1 Å². The zero-order valence-electron chi connectivity index (χ0n) is 16.9. The molecule has 3 amide bonds. The van der Waals surface area contributed by atoms with Gasteiger partial charge >= 0.3 is 0 Å². The summed E-state index contributed by atoms with van der Waals surface area (Å²) in [5.41, 5.74) is 6.03. The first kappa shape index (κ1) is 23.1. The molecule has 1 heterocycles. The highest BCUT2D eigenvalue weighted by atomic mass is 35.5. The maximum absolute atomic E-state index is 14.0. The molecule has 1 aromatic heterocycles. The number of nitrogens with two attached hydrogens (primary N) is 1. The Kier molecular flexibility index (Phi) is 7.37. The third-order valence-corrected chi connectivity index (χ3v) is 5.02. The molecule has 3 aromatic rings. The number of fused-ring (bicyclic) bond motifs is 1. The van der Waals surface area contributed by atoms with Crippen molar-refractivity contribution in [3.8, 4) is 0 Å². The lowest BCUT2D eigenvalue weighted by Gasteiger charge is -2.21. The molecule has 0 aliphatic carbocycles. The van der Waals surface area contributed by atoms with Crippen LogP contribution in [0.25, 0.3) is 10.9 Å². The van der Waals surface area contributed by atoms with Crippen molar-refractivity contribution in [3.05, 3.63) is 64.6 Å². The summed E-state index contributed by atoms with van der Waals surface area (Å²) in [6, 6.07) is 11.1. The van der Waals surface area contributed by atoms with Gasteiger partial charge in [0.1, 0.15) is 19.0 Å². The van der Waals surface area contributed by atoms with E-state index in [1.807, 2.05) is 0 Å². The zero-order valence-corrected chi connectivity index (χ0v) is 17.6. The van der Waals surface area contributed by atoms with Gasteiger partial charge in [0.05, 0.1) is 17.1 Å². The number of benzene rings is 2. The number of aromatic nitrogens is 2. The van der Waals surface area contributed by atoms with Crippen LogP contribution in [0.15, 0.2) is 42.5 Å². The smallest absolute Gasteiger partial charge is 0.269 e. The maximum atomic E-state index is 14.0. The van der Waals surface area contributed by atoms with Crippen LogP contribution in [0.3, 0.4) is 0 Å². The number of alkyl halides is 1. The molecule has 0 spiro atoms. The lowest BCUT2D eigenvalue weighted by Crippen LogP contribution is -2.43. The first-order chi connectivity index (χ1) is 15.3. The van der Waals surface area contributed by atoms with E-state index in [1.54, 1.807) is 30.3 Å². The number of hydrogen-bond donors (Lipinski definition) is 2. The molecule has 0 fully saturated rings. The van der Waals surface area contributed by atoms with Crippen LogP contribution in [0.5, 0.6) is 0 Å². The number of nitrogens with zero attached hydrogens (tertiary/aromatic N) is 3. The highest BCUT2D eigenvalue weighted by Crippen LogP contribution is 2.19. The Balaban J connectivity index is 1.69. The Bertz CT molecular complexity index is 1170. The van der Waals surface area contributed by atoms with E-state index in [0.717, 1.165) is 4.90 Å². The Morgan fingerprint density at radius 1 is 1.16 bits per heavy atom. The Hall–Kier alpha value is -3.53. The number of primary amides is 1. The van der Waals surface area contributed by atoms with Crippen molar-refractivity contribution in [1.82, 2.24) is 20.0 Å². The van der Waals surface area contributed by atoms with Crippen LogP contribution in [-0.2, 0) is 22.7 Å². The minimum absolute atomic E-state index is 0.00623. The fourth-order valence-electron chi connectivity index (χ4n) is 3.16. The van der Waals surface area contributed by atoms with Gasteiger partial charge in [0.15, 0.2) is 5.69 Å². The van der Waals surface area contributed by atoms with E-state index < -0.39 is 36.8 Å². The number of rotatable bonds is 9. The predicted octanol–water partition coefficient (Wildman–Crippen LogP) is 2.04. The van der Waals surface area contributed by atoms with Crippen molar-refractivity contribution in [2.75, 3.05) is 19.8 Å². The van der Waals surface area contributed by atoms with E-state index in [0.29, 0.717) is 10.9 Å². The minimum atomic E-state index is -0.867. The van der Waals surface area contributed by atoms with Gasteiger partial charge in [0, 0.05) is 24.0 Å². The van der Waals surface area contributed by atoms with Gasteiger partial charge in [-0.1, -0.05) is 41.9 Å². The number of para-hydroxylation sites is 1. The summed E-state index contributed by atoms with van der Waals surface area (Å²) in [7, 11) is 0. The second-order valence-corrected chi connectivity index (χ2v) is 7.29. The second kappa shape index (κ2) is 10.2. The van der Waals surface area contributed by atoms with Crippen LogP contribution < -0.4 is 11.1 Å². The average molecular weight is 464 g/mol. The van der Waals surface area contributed by atoms with Crippen LogP contribution in [0.4, 0.5) is 8.78 Å².